The molecule has 30 heavy (non-hydrogen) atoms. The zero-order valence-corrected chi connectivity index (χ0v) is 17.2. The Balaban J connectivity index is 1.73. The molecule has 0 bridgehead atoms. The van der Waals surface area contributed by atoms with Gasteiger partial charge in [0.05, 0.1) is 23.0 Å². The van der Waals surface area contributed by atoms with E-state index in [4.69, 9.17) is 15.8 Å². The lowest BCUT2D eigenvalue weighted by Gasteiger charge is -2.24. The first-order chi connectivity index (χ1) is 14.5. The third-order valence-corrected chi connectivity index (χ3v) is 5.90. The Labute approximate surface area is 174 Å². The van der Waals surface area contributed by atoms with E-state index < -0.39 is 6.10 Å². The summed E-state index contributed by atoms with van der Waals surface area (Å²) in [5.41, 5.74) is 9.29. The van der Waals surface area contributed by atoms with Crippen LogP contribution in [-0.4, -0.2) is 42.9 Å². The van der Waals surface area contributed by atoms with Gasteiger partial charge in [0.2, 0.25) is 0 Å². The molecule has 8 heteroatoms. The largest absolute Gasteiger partial charge is 0.387 e. The van der Waals surface area contributed by atoms with Crippen LogP contribution in [0.25, 0.3) is 21.9 Å². The number of aliphatic hydroxyl groups excluding tert-OH is 1. The van der Waals surface area contributed by atoms with E-state index in [9.17, 15) is 5.11 Å². The summed E-state index contributed by atoms with van der Waals surface area (Å²) in [7, 11) is 0. The van der Waals surface area contributed by atoms with E-state index >= 15 is 0 Å². The molecular weight excluding hydrogens is 378 g/mol. The Bertz CT molecular complexity index is 1230. The minimum absolute atomic E-state index is 0.151. The number of nitrogens with zero attached hydrogens (tertiary/aromatic N) is 6. The molecule has 2 atom stereocenters. The molecule has 1 saturated heterocycles. The van der Waals surface area contributed by atoms with Crippen molar-refractivity contribution in [3.05, 3.63) is 47.9 Å². The maximum absolute atomic E-state index is 10.3. The maximum atomic E-state index is 10.3. The van der Waals surface area contributed by atoms with Gasteiger partial charge in [-0.05, 0) is 38.8 Å². The number of pyridine rings is 1. The Hall–Kier alpha value is -3.26. The van der Waals surface area contributed by atoms with E-state index in [1.165, 1.54) is 19.2 Å². The van der Waals surface area contributed by atoms with Crippen LogP contribution in [0.3, 0.4) is 0 Å². The van der Waals surface area contributed by atoms with Crippen LogP contribution in [-0.2, 0) is 0 Å². The number of benzene rings is 1. The fourth-order valence-corrected chi connectivity index (χ4v) is 4.33. The molecule has 4 heterocycles. The average molecular weight is 403 g/mol. The molecule has 0 spiro atoms. The van der Waals surface area contributed by atoms with Crippen LogP contribution in [0, 0.1) is 0 Å². The van der Waals surface area contributed by atoms with E-state index in [0.717, 1.165) is 35.4 Å². The van der Waals surface area contributed by atoms with E-state index in [2.05, 4.69) is 33.9 Å². The first-order valence-electron chi connectivity index (χ1n) is 10.4. The van der Waals surface area contributed by atoms with E-state index in [1.54, 1.807) is 6.92 Å². The number of rotatable bonds is 4. The van der Waals surface area contributed by atoms with Gasteiger partial charge >= 0.3 is 0 Å². The predicted octanol–water partition coefficient (Wildman–Crippen LogP) is 3.22. The third kappa shape index (κ3) is 2.95. The number of aromatic nitrogens is 5. The SMILES string of the molecule is CC(c1cc2ccccc2nc1N1CCCC1)n1nc([C@@H](C)O)c2c(N)ncnc21. The maximum Gasteiger partial charge on any atom is 0.164 e. The lowest BCUT2D eigenvalue weighted by atomic mass is 10.1. The summed E-state index contributed by atoms with van der Waals surface area (Å²) in [6, 6.07) is 10.2. The van der Waals surface area contributed by atoms with Crippen molar-refractivity contribution in [2.75, 3.05) is 23.7 Å². The van der Waals surface area contributed by atoms with Crippen LogP contribution >= 0.6 is 0 Å². The number of nitrogen functional groups attached to an aromatic ring is 1. The summed E-state index contributed by atoms with van der Waals surface area (Å²) >= 11 is 0. The molecule has 8 nitrogen and oxygen atoms in total. The van der Waals surface area contributed by atoms with Crippen molar-refractivity contribution in [3.63, 3.8) is 0 Å². The zero-order valence-electron chi connectivity index (χ0n) is 17.2. The third-order valence-electron chi connectivity index (χ3n) is 5.90. The highest BCUT2D eigenvalue weighted by molar-refractivity contribution is 5.89. The zero-order chi connectivity index (χ0) is 20.8. The fourth-order valence-electron chi connectivity index (χ4n) is 4.33. The molecule has 1 aliphatic rings. The van der Waals surface area contributed by atoms with Gasteiger partial charge in [0.15, 0.2) is 5.65 Å². The number of hydrogen-bond acceptors (Lipinski definition) is 7. The van der Waals surface area contributed by atoms with Gasteiger partial charge in [0.25, 0.3) is 0 Å². The number of para-hydroxylation sites is 1. The summed E-state index contributed by atoms with van der Waals surface area (Å²) < 4.78 is 1.83. The smallest absolute Gasteiger partial charge is 0.164 e. The summed E-state index contributed by atoms with van der Waals surface area (Å²) in [4.78, 5) is 15.9. The topological polar surface area (TPSA) is 106 Å². The van der Waals surface area contributed by atoms with Crippen molar-refractivity contribution in [1.29, 1.82) is 0 Å². The molecule has 4 aromatic rings. The van der Waals surface area contributed by atoms with Gasteiger partial charge in [0.1, 0.15) is 23.7 Å². The molecule has 0 saturated carbocycles. The van der Waals surface area contributed by atoms with Crippen molar-refractivity contribution in [1.82, 2.24) is 24.7 Å². The molecule has 1 aliphatic heterocycles. The number of nitrogens with two attached hydrogens (primary N) is 1. The molecule has 0 aliphatic carbocycles. The molecule has 154 valence electrons. The molecule has 3 N–H and O–H groups in total. The molecule has 1 aromatic carbocycles. The minimum atomic E-state index is -0.776. The van der Waals surface area contributed by atoms with Crippen LogP contribution < -0.4 is 10.6 Å². The van der Waals surface area contributed by atoms with Gasteiger partial charge in [-0.25, -0.2) is 19.6 Å². The number of fused-ring (bicyclic) bond motifs is 2. The normalized spacial score (nSPS) is 16.4. The fraction of sp³-hybridized carbons (Fsp3) is 0.364. The second-order valence-corrected chi connectivity index (χ2v) is 7.93. The number of hydrogen-bond donors (Lipinski definition) is 2. The van der Waals surface area contributed by atoms with E-state index in [0.29, 0.717) is 22.5 Å². The summed E-state index contributed by atoms with van der Waals surface area (Å²) in [6.07, 6.45) is 3.00. The van der Waals surface area contributed by atoms with Gasteiger partial charge in [0, 0.05) is 24.0 Å². The average Bonchev–Trinajstić information content (AvgIpc) is 3.41. The van der Waals surface area contributed by atoms with Gasteiger partial charge in [-0.2, -0.15) is 5.10 Å². The first-order valence-corrected chi connectivity index (χ1v) is 10.4. The summed E-state index contributed by atoms with van der Waals surface area (Å²) in [5.74, 6) is 1.31. The molecule has 0 amide bonds. The minimum Gasteiger partial charge on any atom is -0.387 e. The predicted molar refractivity (Wildman–Crippen MR) is 117 cm³/mol. The summed E-state index contributed by atoms with van der Waals surface area (Å²) in [5, 5.41) is 16.7. The van der Waals surface area contributed by atoms with Crippen LogP contribution in [0.2, 0.25) is 0 Å². The molecule has 1 unspecified atom stereocenters. The van der Waals surface area contributed by atoms with Crippen molar-refractivity contribution in [3.8, 4) is 0 Å². The van der Waals surface area contributed by atoms with Gasteiger partial charge in [-0.3, -0.25) is 0 Å². The highest BCUT2D eigenvalue weighted by atomic mass is 16.3. The Morgan fingerprint density at radius 1 is 1.10 bits per heavy atom. The van der Waals surface area contributed by atoms with Crippen molar-refractivity contribution in [2.24, 2.45) is 0 Å². The molecule has 0 radical (unpaired) electrons. The lowest BCUT2D eigenvalue weighted by Crippen LogP contribution is -2.23. The molecule has 5 rings (SSSR count). The Morgan fingerprint density at radius 2 is 1.87 bits per heavy atom. The van der Waals surface area contributed by atoms with Crippen LogP contribution in [0.4, 0.5) is 11.6 Å². The first kappa shape index (κ1) is 18.7. The quantitative estimate of drug-likeness (QED) is 0.539. The van der Waals surface area contributed by atoms with Gasteiger partial charge < -0.3 is 15.7 Å². The lowest BCUT2D eigenvalue weighted by molar-refractivity contribution is 0.194. The Kier molecular flexibility index (Phi) is 4.51. The van der Waals surface area contributed by atoms with E-state index in [-0.39, 0.29) is 6.04 Å². The van der Waals surface area contributed by atoms with Crippen molar-refractivity contribution < 1.29 is 5.11 Å². The number of aliphatic hydroxyl groups is 1. The van der Waals surface area contributed by atoms with Crippen LogP contribution in [0.15, 0.2) is 36.7 Å². The molecule has 3 aromatic heterocycles. The second kappa shape index (κ2) is 7.21. The molecule has 1 fully saturated rings. The standard InChI is InChI=1S/C22H25N7O/c1-13(29-22-18(19(27-29)14(2)30)20(23)24-12-25-22)16-11-15-7-3-4-8-17(15)26-21(16)28-9-5-6-10-28/h3-4,7-8,11-14,30H,5-6,9-10H2,1-2H3,(H2,23,24,25)/t13?,14-/m1/s1. The van der Waals surface area contributed by atoms with E-state index in [1.807, 2.05) is 22.9 Å². The van der Waals surface area contributed by atoms with Crippen molar-refractivity contribution in [2.45, 2.75) is 38.8 Å². The van der Waals surface area contributed by atoms with Crippen LogP contribution in [0.1, 0.15) is 50.1 Å². The van der Waals surface area contributed by atoms with Crippen molar-refractivity contribution >= 4 is 33.6 Å². The highest BCUT2D eigenvalue weighted by Crippen LogP contribution is 2.35. The summed E-state index contributed by atoms with van der Waals surface area (Å²) in [6.45, 7) is 5.76. The second-order valence-electron chi connectivity index (χ2n) is 7.93. The number of anilines is 2. The van der Waals surface area contributed by atoms with Gasteiger partial charge in [-0.1, -0.05) is 18.2 Å². The monoisotopic (exact) mass is 403 g/mol. The highest BCUT2D eigenvalue weighted by Gasteiger charge is 2.26. The molecular formula is C22H25N7O. The van der Waals surface area contributed by atoms with Crippen LogP contribution in [0.5, 0.6) is 0 Å². The Morgan fingerprint density at radius 3 is 2.63 bits per heavy atom. The van der Waals surface area contributed by atoms with Gasteiger partial charge in [-0.15, -0.1) is 0 Å².